The van der Waals surface area contributed by atoms with Gasteiger partial charge in [0.2, 0.25) is 0 Å². The van der Waals surface area contributed by atoms with E-state index in [1.165, 1.54) is 7.11 Å². The maximum atomic E-state index is 11.5. The van der Waals surface area contributed by atoms with Gasteiger partial charge in [0, 0.05) is 5.46 Å². The predicted octanol–water partition coefficient (Wildman–Crippen LogP) is 1.82. The van der Waals surface area contributed by atoms with Crippen LogP contribution in [-0.2, 0) is 9.31 Å². The van der Waals surface area contributed by atoms with Crippen molar-refractivity contribution >= 4 is 18.9 Å². The van der Waals surface area contributed by atoms with Gasteiger partial charge in [0.25, 0.3) is 0 Å². The Bertz CT molecular complexity index is 537. The summed E-state index contributed by atoms with van der Waals surface area (Å²) < 4.78 is 22.6. The fourth-order valence-electron chi connectivity index (χ4n) is 2.28. The molecule has 0 saturated carbocycles. The zero-order valence-corrected chi connectivity index (χ0v) is 13.4. The highest BCUT2D eigenvalue weighted by Gasteiger charge is 2.53. The van der Waals surface area contributed by atoms with Gasteiger partial charge in [-0.3, -0.25) is 4.79 Å². The highest BCUT2D eigenvalue weighted by atomic mass is 16.7. The van der Waals surface area contributed by atoms with Gasteiger partial charge in [-0.1, -0.05) is 0 Å². The summed E-state index contributed by atoms with van der Waals surface area (Å²) in [5.41, 5.74) is -0.0430. The molecule has 1 heterocycles. The molecule has 1 aromatic carbocycles. The Hall–Kier alpha value is -1.53. The largest absolute Gasteiger partial charge is 0.499 e. The molecule has 1 aliphatic heterocycles. The van der Waals surface area contributed by atoms with Crippen molar-refractivity contribution in [1.82, 2.24) is 0 Å². The molecule has 0 atom stereocenters. The second kappa shape index (κ2) is 5.35. The van der Waals surface area contributed by atoms with E-state index in [1.54, 1.807) is 19.2 Å². The molecule has 1 fully saturated rings. The van der Waals surface area contributed by atoms with E-state index >= 15 is 0 Å². The summed E-state index contributed by atoms with van der Waals surface area (Å²) in [6.07, 6.45) is 0.738. The summed E-state index contributed by atoms with van der Waals surface area (Å²) >= 11 is 0. The first-order chi connectivity index (χ1) is 9.77. The van der Waals surface area contributed by atoms with Gasteiger partial charge in [0.1, 0.15) is 11.5 Å². The topological polar surface area (TPSA) is 54.0 Å². The minimum absolute atomic E-state index is 0.385. The molecular formula is C15H21BO5. The number of rotatable bonds is 4. The third kappa shape index (κ3) is 2.54. The lowest BCUT2D eigenvalue weighted by atomic mass is 9.75. The van der Waals surface area contributed by atoms with Crippen LogP contribution in [0, 0.1) is 0 Å². The average Bonchev–Trinajstić information content (AvgIpc) is 2.65. The van der Waals surface area contributed by atoms with E-state index < -0.39 is 18.3 Å². The van der Waals surface area contributed by atoms with Gasteiger partial charge in [-0.05, 0) is 39.8 Å². The van der Waals surface area contributed by atoms with Crippen LogP contribution < -0.4 is 14.9 Å². The van der Waals surface area contributed by atoms with Crippen molar-refractivity contribution in [2.24, 2.45) is 0 Å². The summed E-state index contributed by atoms with van der Waals surface area (Å²) in [6.45, 7) is 7.83. The number of benzene rings is 1. The first kappa shape index (κ1) is 15.9. The van der Waals surface area contributed by atoms with Gasteiger partial charge in [-0.2, -0.15) is 0 Å². The maximum Gasteiger partial charge on any atom is 0.499 e. The average molecular weight is 292 g/mol. The van der Waals surface area contributed by atoms with Crippen LogP contribution >= 0.6 is 0 Å². The van der Waals surface area contributed by atoms with E-state index in [1.807, 2.05) is 27.7 Å². The number of carbonyl (C=O) groups is 1. The van der Waals surface area contributed by atoms with Crippen LogP contribution in [0.15, 0.2) is 12.1 Å². The van der Waals surface area contributed by atoms with Gasteiger partial charge in [-0.15, -0.1) is 0 Å². The van der Waals surface area contributed by atoms with Crippen molar-refractivity contribution in [3.63, 3.8) is 0 Å². The van der Waals surface area contributed by atoms with Gasteiger partial charge in [0.15, 0.2) is 6.29 Å². The molecule has 2 rings (SSSR count). The molecule has 21 heavy (non-hydrogen) atoms. The molecule has 0 aliphatic carbocycles. The SMILES string of the molecule is COc1ccc(OC)c(B2OC(C)(C)C(C)(C)O2)c1C=O. The molecule has 0 N–H and O–H groups in total. The quantitative estimate of drug-likeness (QED) is 0.626. The second-order valence-electron chi connectivity index (χ2n) is 6.00. The highest BCUT2D eigenvalue weighted by Crippen LogP contribution is 2.38. The first-order valence-corrected chi connectivity index (χ1v) is 6.83. The molecule has 5 nitrogen and oxygen atoms in total. The number of ether oxygens (including phenoxy) is 2. The van der Waals surface area contributed by atoms with Crippen LogP contribution in [-0.4, -0.2) is 38.8 Å². The lowest BCUT2D eigenvalue weighted by Gasteiger charge is -2.32. The first-order valence-electron chi connectivity index (χ1n) is 6.83. The van der Waals surface area contributed by atoms with Crippen molar-refractivity contribution in [1.29, 1.82) is 0 Å². The molecule has 1 aliphatic rings. The lowest BCUT2D eigenvalue weighted by Crippen LogP contribution is -2.41. The molecule has 0 radical (unpaired) electrons. The molecule has 0 spiro atoms. The zero-order valence-electron chi connectivity index (χ0n) is 13.4. The van der Waals surface area contributed by atoms with E-state index in [0.29, 0.717) is 22.5 Å². The van der Waals surface area contributed by atoms with E-state index in [9.17, 15) is 4.79 Å². The van der Waals surface area contributed by atoms with E-state index in [-0.39, 0.29) is 0 Å². The Balaban J connectivity index is 2.56. The van der Waals surface area contributed by atoms with Crippen molar-refractivity contribution in [3.8, 4) is 11.5 Å². The van der Waals surface area contributed by atoms with Gasteiger partial charge in [0.05, 0.1) is 31.0 Å². The normalized spacial score (nSPS) is 19.4. The van der Waals surface area contributed by atoms with Gasteiger partial charge >= 0.3 is 7.12 Å². The van der Waals surface area contributed by atoms with E-state index in [2.05, 4.69) is 0 Å². The number of hydrogen-bond donors (Lipinski definition) is 0. The zero-order chi connectivity index (χ0) is 15.8. The number of aldehydes is 1. The standard InChI is InChI=1S/C15H21BO5/c1-14(2)15(3,4)21-16(20-14)13-10(9-17)11(18-5)7-8-12(13)19-6/h7-9H,1-6H3. The van der Waals surface area contributed by atoms with Crippen molar-refractivity contribution < 1.29 is 23.6 Å². The van der Waals surface area contributed by atoms with Crippen LogP contribution in [0.5, 0.6) is 11.5 Å². The van der Waals surface area contributed by atoms with Gasteiger partial charge < -0.3 is 18.8 Å². The number of hydrogen-bond acceptors (Lipinski definition) is 5. The Morgan fingerprint density at radius 1 is 1.00 bits per heavy atom. The van der Waals surface area contributed by atoms with Crippen LogP contribution in [0.3, 0.4) is 0 Å². The van der Waals surface area contributed by atoms with Crippen LogP contribution in [0.25, 0.3) is 0 Å². The summed E-state index contributed by atoms with van der Waals surface area (Å²) in [5, 5.41) is 0. The third-order valence-corrected chi connectivity index (χ3v) is 4.25. The third-order valence-electron chi connectivity index (χ3n) is 4.25. The van der Waals surface area contributed by atoms with Crippen molar-refractivity contribution in [2.75, 3.05) is 14.2 Å². The Morgan fingerprint density at radius 3 is 1.90 bits per heavy atom. The maximum absolute atomic E-state index is 11.5. The molecule has 0 amide bonds. The van der Waals surface area contributed by atoms with Gasteiger partial charge in [-0.25, -0.2) is 0 Å². The Kier molecular flexibility index (Phi) is 4.04. The Morgan fingerprint density at radius 2 is 1.48 bits per heavy atom. The monoisotopic (exact) mass is 292 g/mol. The van der Waals surface area contributed by atoms with Crippen LogP contribution in [0.2, 0.25) is 0 Å². The van der Waals surface area contributed by atoms with Crippen molar-refractivity contribution in [3.05, 3.63) is 17.7 Å². The highest BCUT2D eigenvalue weighted by molar-refractivity contribution is 6.64. The Labute approximate surface area is 125 Å². The summed E-state index contributed by atoms with van der Waals surface area (Å²) in [6, 6.07) is 3.43. The molecular weight excluding hydrogens is 271 g/mol. The van der Waals surface area contributed by atoms with Crippen molar-refractivity contribution in [2.45, 2.75) is 38.9 Å². The molecule has 0 bridgehead atoms. The summed E-state index contributed by atoms with van der Waals surface area (Å²) in [5.74, 6) is 1.01. The van der Waals surface area contributed by atoms with Crippen LogP contribution in [0.1, 0.15) is 38.1 Å². The number of carbonyl (C=O) groups excluding carboxylic acids is 1. The summed E-state index contributed by atoms with van der Waals surface area (Å²) in [7, 11) is 2.38. The van der Waals surface area contributed by atoms with E-state index in [4.69, 9.17) is 18.8 Å². The van der Waals surface area contributed by atoms with Crippen LogP contribution in [0.4, 0.5) is 0 Å². The molecule has 1 aromatic rings. The predicted molar refractivity (Wildman–Crippen MR) is 80.6 cm³/mol. The molecule has 114 valence electrons. The lowest BCUT2D eigenvalue weighted by molar-refractivity contribution is 0.00578. The van der Waals surface area contributed by atoms with E-state index in [0.717, 1.165) is 6.29 Å². The minimum Gasteiger partial charge on any atom is -0.497 e. The number of methoxy groups -OCH3 is 2. The molecule has 0 unspecified atom stereocenters. The fraction of sp³-hybridized carbons (Fsp3) is 0.533. The molecule has 6 heteroatoms. The molecule has 0 aromatic heterocycles. The fourth-order valence-corrected chi connectivity index (χ4v) is 2.28. The molecule has 1 saturated heterocycles. The smallest absolute Gasteiger partial charge is 0.497 e. The minimum atomic E-state index is -0.680. The second-order valence-corrected chi connectivity index (χ2v) is 6.00. The summed E-state index contributed by atoms with van der Waals surface area (Å²) in [4.78, 5) is 11.5.